The molecular formula is C14H18F3N. The summed E-state index contributed by atoms with van der Waals surface area (Å²) >= 11 is 0. The molecule has 18 heavy (non-hydrogen) atoms. The van der Waals surface area contributed by atoms with Crippen LogP contribution in [0.2, 0.25) is 0 Å². The van der Waals surface area contributed by atoms with Gasteiger partial charge in [-0.15, -0.1) is 0 Å². The number of hydrogen-bond acceptors (Lipinski definition) is 1. The van der Waals surface area contributed by atoms with Gasteiger partial charge >= 0.3 is 0 Å². The van der Waals surface area contributed by atoms with E-state index < -0.39 is 17.5 Å². The van der Waals surface area contributed by atoms with Gasteiger partial charge in [-0.05, 0) is 18.8 Å². The summed E-state index contributed by atoms with van der Waals surface area (Å²) in [6, 6.07) is 1.66. The lowest BCUT2D eigenvalue weighted by Crippen LogP contribution is -2.32. The van der Waals surface area contributed by atoms with Gasteiger partial charge in [0.1, 0.15) is 5.82 Å². The van der Waals surface area contributed by atoms with Crippen LogP contribution in [-0.4, -0.2) is 6.04 Å². The third-order valence-corrected chi connectivity index (χ3v) is 3.78. The Morgan fingerprint density at radius 1 is 1.06 bits per heavy atom. The van der Waals surface area contributed by atoms with Gasteiger partial charge in [0, 0.05) is 18.2 Å². The highest BCUT2D eigenvalue weighted by atomic mass is 19.2. The summed E-state index contributed by atoms with van der Waals surface area (Å²) in [4.78, 5) is 0. The molecule has 100 valence electrons. The second-order valence-corrected chi connectivity index (χ2v) is 4.95. The molecule has 1 fully saturated rings. The highest BCUT2D eigenvalue weighted by Crippen LogP contribution is 2.30. The predicted octanol–water partition coefficient (Wildman–Crippen LogP) is 4.48. The second kappa shape index (κ2) is 5.63. The van der Waals surface area contributed by atoms with Crippen molar-refractivity contribution in [1.29, 1.82) is 0 Å². The molecule has 2 unspecified atom stereocenters. The molecule has 0 aliphatic heterocycles. The topological polar surface area (TPSA) is 12.0 Å². The van der Waals surface area contributed by atoms with Crippen molar-refractivity contribution in [2.24, 2.45) is 5.92 Å². The molecule has 0 amide bonds. The maximum atomic E-state index is 13.5. The fraction of sp³-hybridized carbons (Fsp3) is 0.571. The normalized spacial score (nSPS) is 24.0. The van der Waals surface area contributed by atoms with E-state index in [0.29, 0.717) is 12.0 Å². The van der Waals surface area contributed by atoms with Crippen molar-refractivity contribution in [3.05, 3.63) is 29.6 Å². The van der Waals surface area contributed by atoms with Crippen LogP contribution in [0.5, 0.6) is 0 Å². The molecule has 0 aromatic heterocycles. The van der Waals surface area contributed by atoms with Crippen molar-refractivity contribution in [2.45, 2.75) is 45.1 Å². The van der Waals surface area contributed by atoms with Gasteiger partial charge in [0.2, 0.25) is 0 Å². The maximum Gasteiger partial charge on any atom is 0.161 e. The van der Waals surface area contributed by atoms with Crippen LogP contribution >= 0.6 is 0 Å². The molecule has 2 rings (SSSR count). The molecule has 1 nitrogen and oxygen atoms in total. The Bertz CT molecular complexity index is 420. The fourth-order valence-electron chi connectivity index (χ4n) is 2.72. The minimum atomic E-state index is -1.14. The molecular weight excluding hydrogens is 239 g/mol. The van der Waals surface area contributed by atoms with Crippen LogP contribution in [0.1, 0.15) is 39.0 Å². The zero-order valence-corrected chi connectivity index (χ0v) is 10.5. The maximum absolute atomic E-state index is 13.5. The number of nitrogens with one attached hydrogen (secondary N) is 1. The van der Waals surface area contributed by atoms with E-state index >= 15 is 0 Å². The van der Waals surface area contributed by atoms with Crippen LogP contribution in [0.25, 0.3) is 0 Å². The van der Waals surface area contributed by atoms with Gasteiger partial charge in [0.25, 0.3) is 0 Å². The summed E-state index contributed by atoms with van der Waals surface area (Å²) in [6.07, 6.45) is 5.37. The van der Waals surface area contributed by atoms with Crippen molar-refractivity contribution < 1.29 is 13.2 Å². The smallest absolute Gasteiger partial charge is 0.161 e. The van der Waals surface area contributed by atoms with E-state index in [1.807, 2.05) is 0 Å². The van der Waals surface area contributed by atoms with E-state index in [9.17, 15) is 13.2 Å². The Balaban J connectivity index is 2.15. The lowest BCUT2D eigenvalue weighted by molar-refractivity contribution is 0.316. The third-order valence-electron chi connectivity index (χ3n) is 3.78. The van der Waals surface area contributed by atoms with Gasteiger partial charge in [-0.25, -0.2) is 13.2 Å². The molecule has 1 aromatic rings. The molecule has 0 radical (unpaired) electrons. The zero-order chi connectivity index (χ0) is 13.1. The van der Waals surface area contributed by atoms with E-state index in [4.69, 9.17) is 0 Å². The lowest BCUT2D eigenvalue weighted by atomic mass is 9.83. The van der Waals surface area contributed by atoms with Crippen LogP contribution in [0.4, 0.5) is 18.9 Å². The molecule has 0 heterocycles. The summed E-state index contributed by atoms with van der Waals surface area (Å²) < 4.78 is 39.5. The van der Waals surface area contributed by atoms with Crippen LogP contribution in [0.15, 0.2) is 12.1 Å². The van der Waals surface area contributed by atoms with E-state index in [1.54, 1.807) is 0 Å². The molecule has 0 saturated heterocycles. The van der Waals surface area contributed by atoms with E-state index in [2.05, 4.69) is 12.2 Å². The Kier molecular flexibility index (Phi) is 4.15. The molecule has 0 spiro atoms. The second-order valence-electron chi connectivity index (χ2n) is 4.95. The largest absolute Gasteiger partial charge is 0.380 e. The number of halogens is 3. The van der Waals surface area contributed by atoms with E-state index in [-0.39, 0.29) is 11.7 Å². The first-order valence-corrected chi connectivity index (χ1v) is 6.53. The summed E-state index contributed by atoms with van der Waals surface area (Å²) in [6.45, 7) is 2.10. The minimum Gasteiger partial charge on any atom is -0.380 e. The standard InChI is InChI=1S/C14H18F3N/c1-2-9-5-3-4-6-13(9)18-14-8-11(16)10(15)7-12(14)17/h7-9,13,18H,2-6H2,1H3. The molecule has 1 aromatic carbocycles. The fourth-order valence-corrected chi connectivity index (χ4v) is 2.72. The van der Waals surface area contributed by atoms with E-state index in [1.165, 1.54) is 6.42 Å². The lowest BCUT2D eigenvalue weighted by Gasteiger charge is -2.32. The SMILES string of the molecule is CCC1CCCCC1Nc1cc(F)c(F)cc1F. The summed E-state index contributed by atoms with van der Waals surface area (Å²) in [5.41, 5.74) is 0.0688. The van der Waals surface area contributed by atoms with Crippen LogP contribution in [-0.2, 0) is 0 Å². The summed E-state index contributed by atoms with van der Waals surface area (Å²) in [5.74, 6) is -2.41. The Labute approximate surface area is 105 Å². The number of benzene rings is 1. The summed E-state index contributed by atoms with van der Waals surface area (Å²) in [5, 5.41) is 3.04. The molecule has 1 aliphatic carbocycles. The van der Waals surface area contributed by atoms with Crippen molar-refractivity contribution in [3.63, 3.8) is 0 Å². The minimum absolute atomic E-state index is 0.0688. The van der Waals surface area contributed by atoms with Gasteiger partial charge in [-0.1, -0.05) is 26.2 Å². The monoisotopic (exact) mass is 257 g/mol. The van der Waals surface area contributed by atoms with Crippen molar-refractivity contribution in [3.8, 4) is 0 Å². The quantitative estimate of drug-likeness (QED) is 0.787. The first-order valence-electron chi connectivity index (χ1n) is 6.53. The van der Waals surface area contributed by atoms with Gasteiger partial charge < -0.3 is 5.32 Å². The average molecular weight is 257 g/mol. The average Bonchev–Trinajstić information content (AvgIpc) is 2.36. The highest BCUT2D eigenvalue weighted by molar-refractivity contribution is 5.46. The molecule has 1 saturated carbocycles. The van der Waals surface area contributed by atoms with Crippen LogP contribution < -0.4 is 5.32 Å². The van der Waals surface area contributed by atoms with Crippen LogP contribution in [0.3, 0.4) is 0 Å². The highest BCUT2D eigenvalue weighted by Gasteiger charge is 2.24. The molecule has 1 N–H and O–H groups in total. The first kappa shape index (κ1) is 13.2. The van der Waals surface area contributed by atoms with Gasteiger partial charge in [-0.3, -0.25) is 0 Å². The van der Waals surface area contributed by atoms with Crippen molar-refractivity contribution >= 4 is 5.69 Å². The molecule has 2 atom stereocenters. The Hall–Kier alpha value is -1.19. The van der Waals surface area contributed by atoms with Gasteiger partial charge in [0.05, 0.1) is 5.69 Å². The zero-order valence-electron chi connectivity index (χ0n) is 10.5. The predicted molar refractivity (Wildman–Crippen MR) is 66.0 cm³/mol. The van der Waals surface area contributed by atoms with E-state index in [0.717, 1.165) is 31.7 Å². The first-order chi connectivity index (χ1) is 8.61. The molecule has 4 heteroatoms. The Morgan fingerprint density at radius 2 is 1.72 bits per heavy atom. The number of rotatable bonds is 3. The summed E-state index contributed by atoms with van der Waals surface area (Å²) in [7, 11) is 0. The molecule has 1 aliphatic rings. The molecule has 0 bridgehead atoms. The van der Waals surface area contributed by atoms with Crippen molar-refractivity contribution in [1.82, 2.24) is 0 Å². The third kappa shape index (κ3) is 2.79. The Morgan fingerprint density at radius 3 is 2.44 bits per heavy atom. The van der Waals surface area contributed by atoms with Gasteiger partial charge in [-0.2, -0.15) is 0 Å². The number of anilines is 1. The van der Waals surface area contributed by atoms with Gasteiger partial charge in [0.15, 0.2) is 11.6 Å². The number of hydrogen-bond donors (Lipinski definition) is 1. The van der Waals surface area contributed by atoms with Crippen molar-refractivity contribution in [2.75, 3.05) is 5.32 Å². The van der Waals surface area contributed by atoms with Crippen LogP contribution in [0, 0.1) is 23.4 Å².